The number of hydrogen-bond acceptors (Lipinski definition) is 4. The number of benzene rings is 3. The Morgan fingerprint density at radius 1 is 0.919 bits per heavy atom. The highest BCUT2D eigenvalue weighted by atomic mass is 19.1. The molecule has 0 radical (unpaired) electrons. The third-order valence-corrected chi connectivity index (χ3v) is 6.97. The van der Waals surface area contributed by atoms with Crippen molar-refractivity contribution in [3.8, 4) is 17.2 Å². The second kappa shape index (κ2) is 9.33. The van der Waals surface area contributed by atoms with Crippen LogP contribution in [-0.4, -0.2) is 48.3 Å². The maximum atomic E-state index is 14.6. The van der Waals surface area contributed by atoms with Crippen molar-refractivity contribution in [3.05, 3.63) is 100.0 Å². The average Bonchev–Trinajstić information content (AvgIpc) is 3.38. The van der Waals surface area contributed by atoms with E-state index in [2.05, 4.69) is 0 Å². The van der Waals surface area contributed by atoms with Crippen molar-refractivity contribution >= 4 is 16.7 Å². The highest BCUT2D eigenvalue weighted by molar-refractivity contribution is 6.06. The molecule has 1 N–H and O–H groups in total. The smallest absolute Gasteiger partial charge is 0.263 e. The van der Waals surface area contributed by atoms with E-state index in [0.717, 1.165) is 53.4 Å². The predicted octanol–water partition coefficient (Wildman–Crippen LogP) is 2.54. The monoisotopic (exact) mass is 504 g/mol. The Hall–Kier alpha value is -4.24. The van der Waals surface area contributed by atoms with Gasteiger partial charge in [0, 0.05) is 28.6 Å². The molecule has 2 aliphatic heterocycles. The van der Waals surface area contributed by atoms with Gasteiger partial charge < -0.3 is 19.3 Å². The van der Waals surface area contributed by atoms with Gasteiger partial charge in [-0.05, 0) is 36.4 Å². The number of rotatable bonds is 4. The second-order valence-corrected chi connectivity index (χ2v) is 9.27. The third kappa shape index (κ3) is 4.31. The first-order valence-corrected chi connectivity index (χ1v) is 12.1. The number of carbonyl (C=O) groups excluding carboxylic acids is 1. The van der Waals surface area contributed by atoms with Gasteiger partial charge in [-0.3, -0.25) is 14.2 Å². The van der Waals surface area contributed by atoms with E-state index < -0.39 is 17.2 Å². The minimum Gasteiger partial charge on any atom is -0.454 e. The van der Waals surface area contributed by atoms with Crippen LogP contribution in [-0.2, 0) is 6.54 Å². The van der Waals surface area contributed by atoms with Crippen molar-refractivity contribution in [2.45, 2.75) is 6.54 Å². The molecule has 0 spiro atoms. The van der Waals surface area contributed by atoms with E-state index in [1.807, 2.05) is 18.2 Å². The van der Waals surface area contributed by atoms with Crippen molar-refractivity contribution in [1.29, 1.82) is 0 Å². The number of nitrogens with one attached hydrogen (secondary N) is 1. The number of piperazine rings is 1. The highest BCUT2D eigenvalue weighted by Crippen LogP contribution is 2.32. The number of quaternary nitrogens is 1. The van der Waals surface area contributed by atoms with E-state index in [1.54, 1.807) is 29.2 Å². The molecular weight excluding hydrogens is 480 g/mol. The van der Waals surface area contributed by atoms with Crippen LogP contribution in [0.15, 0.2) is 71.7 Å². The van der Waals surface area contributed by atoms with Crippen molar-refractivity contribution in [1.82, 2.24) is 9.47 Å². The molecule has 1 saturated heterocycles. The van der Waals surface area contributed by atoms with E-state index in [-0.39, 0.29) is 18.4 Å². The molecular formula is C28H24F2N3O4+. The van der Waals surface area contributed by atoms with Crippen molar-refractivity contribution in [3.63, 3.8) is 0 Å². The SMILES string of the molecule is O=C(c1cn(-c2ccc(F)cc2F)c(=O)c2ccccc12)N1CC[NH+](Cc2ccc3c(c2)OCO3)CC1. The summed E-state index contributed by atoms with van der Waals surface area (Å²) >= 11 is 0. The minimum atomic E-state index is -0.878. The zero-order chi connectivity index (χ0) is 25.5. The van der Waals surface area contributed by atoms with Crippen LogP contribution in [0, 0.1) is 11.6 Å². The van der Waals surface area contributed by atoms with Crippen LogP contribution in [0.4, 0.5) is 8.78 Å². The van der Waals surface area contributed by atoms with Gasteiger partial charge in [0.2, 0.25) is 6.79 Å². The van der Waals surface area contributed by atoms with E-state index in [9.17, 15) is 18.4 Å². The van der Waals surface area contributed by atoms with Gasteiger partial charge in [-0.1, -0.05) is 18.2 Å². The molecule has 7 nitrogen and oxygen atoms in total. The zero-order valence-electron chi connectivity index (χ0n) is 19.9. The first-order chi connectivity index (χ1) is 18.0. The number of nitrogens with zero attached hydrogens (tertiary/aromatic N) is 2. The van der Waals surface area contributed by atoms with Crippen LogP contribution in [0.2, 0.25) is 0 Å². The number of carbonyl (C=O) groups is 1. The molecule has 37 heavy (non-hydrogen) atoms. The summed E-state index contributed by atoms with van der Waals surface area (Å²) in [7, 11) is 0. The first-order valence-electron chi connectivity index (χ1n) is 12.1. The number of fused-ring (bicyclic) bond motifs is 2. The lowest BCUT2D eigenvalue weighted by Gasteiger charge is -2.32. The molecule has 4 aromatic rings. The van der Waals surface area contributed by atoms with E-state index in [0.29, 0.717) is 29.4 Å². The van der Waals surface area contributed by atoms with Gasteiger partial charge in [-0.25, -0.2) is 8.78 Å². The fraction of sp³-hybridized carbons (Fsp3) is 0.214. The third-order valence-electron chi connectivity index (χ3n) is 6.97. The fourth-order valence-electron chi connectivity index (χ4n) is 5.03. The molecule has 2 aliphatic rings. The molecule has 3 aromatic carbocycles. The zero-order valence-corrected chi connectivity index (χ0v) is 19.9. The average molecular weight is 505 g/mol. The number of ether oxygens (including phenoxy) is 2. The molecule has 0 atom stereocenters. The Balaban J connectivity index is 1.25. The topological polar surface area (TPSA) is 65.2 Å². The van der Waals surface area contributed by atoms with Gasteiger partial charge in [-0.15, -0.1) is 0 Å². The van der Waals surface area contributed by atoms with Crippen LogP contribution in [0.1, 0.15) is 15.9 Å². The highest BCUT2D eigenvalue weighted by Gasteiger charge is 2.27. The van der Waals surface area contributed by atoms with Crippen LogP contribution >= 0.6 is 0 Å². The lowest BCUT2D eigenvalue weighted by molar-refractivity contribution is -0.917. The molecule has 0 aliphatic carbocycles. The lowest BCUT2D eigenvalue weighted by atomic mass is 10.1. The van der Waals surface area contributed by atoms with Gasteiger partial charge in [-0.2, -0.15) is 0 Å². The number of halogens is 2. The summed E-state index contributed by atoms with van der Waals surface area (Å²) in [5.41, 5.74) is 0.858. The molecule has 1 amide bonds. The summed E-state index contributed by atoms with van der Waals surface area (Å²) in [5.74, 6) is -0.341. The summed E-state index contributed by atoms with van der Waals surface area (Å²) in [4.78, 5) is 29.9. The van der Waals surface area contributed by atoms with Crippen molar-refractivity contribution in [2.24, 2.45) is 0 Å². The van der Waals surface area contributed by atoms with Gasteiger partial charge in [0.05, 0.1) is 37.4 Å². The Morgan fingerprint density at radius 2 is 1.68 bits per heavy atom. The Morgan fingerprint density at radius 3 is 2.46 bits per heavy atom. The predicted molar refractivity (Wildman–Crippen MR) is 132 cm³/mol. The largest absolute Gasteiger partial charge is 0.454 e. The lowest BCUT2D eigenvalue weighted by Crippen LogP contribution is -3.13. The normalized spacial score (nSPS) is 15.4. The standard InChI is InChI=1S/C28H23F2N3O4/c29-19-6-7-24(23(30)14-19)33-16-22(20-3-1-2-4-21(20)28(33)35)27(34)32-11-9-31(10-12-32)15-18-5-8-25-26(13-18)37-17-36-25/h1-8,13-14,16H,9-12,15,17H2/p+1. The molecule has 3 heterocycles. The summed E-state index contributed by atoms with van der Waals surface area (Å²) in [6.07, 6.45) is 1.37. The maximum absolute atomic E-state index is 14.6. The van der Waals surface area contributed by atoms with E-state index in [4.69, 9.17) is 9.47 Å². The van der Waals surface area contributed by atoms with Crippen LogP contribution in [0.5, 0.6) is 11.5 Å². The summed E-state index contributed by atoms with van der Waals surface area (Å²) < 4.78 is 40.0. The Labute approximate surface area is 211 Å². The molecule has 0 saturated carbocycles. The number of hydrogen-bond donors (Lipinski definition) is 1. The van der Waals surface area contributed by atoms with Crippen LogP contribution < -0.4 is 19.9 Å². The quantitative estimate of drug-likeness (QED) is 0.464. The van der Waals surface area contributed by atoms with Gasteiger partial charge >= 0.3 is 0 Å². The molecule has 9 heteroatoms. The summed E-state index contributed by atoms with van der Waals surface area (Å²) in [6.45, 7) is 3.63. The number of pyridine rings is 1. The van der Waals surface area contributed by atoms with Crippen molar-refractivity contribution in [2.75, 3.05) is 33.0 Å². The number of amides is 1. The Bertz CT molecular complexity index is 1580. The molecule has 1 aromatic heterocycles. The Kier molecular flexibility index (Phi) is 5.84. The fourth-order valence-corrected chi connectivity index (χ4v) is 5.03. The minimum absolute atomic E-state index is 0.107. The second-order valence-electron chi connectivity index (χ2n) is 9.27. The summed E-state index contributed by atoms with van der Waals surface area (Å²) in [5, 5.41) is 0.801. The molecule has 6 rings (SSSR count). The van der Waals surface area contributed by atoms with E-state index >= 15 is 0 Å². The van der Waals surface area contributed by atoms with Gasteiger partial charge in [0.1, 0.15) is 18.2 Å². The van der Waals surface area contributed by atoms with Crippen molar-refractivity contribution < 1.29 is 27.9 Å². The number of aromatic nitrogens is 1. The van der Waals surface area contributed by atoms with Crippen LogP contribution in [0.3, 0.4) is 0 Å². The van der Waals surface area contributed by atoms with Crippen LogP contribution in [0.25, 0.3) is 16.5 Å². The van der Waals surface area contributed by atoms with Gasteiger partial charge in [0.15, 0.2) is 11.5 Å². The summed E-state index contributed by atoms with van der Waals surface area (Å²) in [6, 6.07) is 15.7. The van der Waals surface area contributed by atoms with Gasteiger partial charge in [0.25, 0.3) is 11.5 Å². The molecule has 0 unspecified atom stereocenters. The molecule has 188 valence electrons. The molecule has 0 bridgehead atoms. The van der Waals surface area contributed by atoms with E-state index in [1.165, 1.54) is 17.2 Å². The first kappa shape index (κ1) is 23.2. The maximum Gasteiger partial charge on any atom is 0.263 e. The molecule has 1 fully saturated rings.